The van der Waals surface area contributed by atoms with Gasteiger partial charge in [0.15, 0.2) is 0 Å². The number of nitrogens with one attached hydrogen (secondary N) is 1. The molecule has 7 heteroatoms. The minimum Gasteiger partial charge on any atom is -0.329 e. The lowest BCUT2D eigenvalue weighted by molar-refractivity contribution is 0.191. The second-order valence-corrected chi connectivity index (χ2v) is 9.84. The number of hydrogen-bond acceptors (Lipinski definition) is 6. The van der Waals surface area contributed by atoms with E-state index in [0.29, 0.717) is 18.5 Å². The number of hydrogen-bond donors (Lipinski definition) is 2. The van der Waals surface area contributed by atoms with E-state index >= 15 is 0 Å². The molecule has 0 unspecified atom stereocenters. The molecule has 0 radical (unpaired) electrons. The van der Waals surface area contributed by atoms with E-state index in [9.17, 15) is 0 Å². The first-order chi connectivity index (χ1) is 17.5. The summed E-state index contributed by atoms with van der Waals surface area (Å²) in [5.74, 6) is 0.581. The van der Waals surface area contributed by atoms with Gasteiger partial charge in [-0.05, 0) is 62.9 Å². The molecule has 7 nitrogen and oxygen atoms in total. The van der Waals surface area contributed by atoms with Gasteiger partial charge < -0.3 is 20.5 Å². The van der Waals surface area contributed by atoms with Crippen LogP contribution in [-0.4, -0.2) is 50.6 Å². The van der Waals surface area contributed by atoms with Gasteiger partial charge in [0, 0.05) is 49.7 Å². The third-order valence-corrected chi connectivity index (χ3v) is 6.89. The zero-order valence-electron chi connectivity index (χ0n) is 21.4. The lowest BCUT2D eigenvalue weighted by Gasteiger charge is -2.33. The molecule has 1 saturated heterocycles. The fourth-order valence-corrected chi connectivity index (χ4v) is 5.14. The molecule has 36 heavy (non-hydrogen) atoms. The molecule has 0 bridgehead atoms. The Morgan fingerprint density at radius 1 is 0.917 bits per heavy atom. The van der Waals surface area contributed by atoms with Crippen molar-refractivity contribution in [2.24, 2.45) is 5.73 Å². The summed E-state index contributed by atoms with van der Waals surface area (Å²) in [7, 11) is 0. The number of likely N-dealkylation sites (tertiary alicyclic amines) is 1. The van der Waals surface area contributed by atoms with Gasteiger partial charge in [0.05, 0.1) is 23.4 Å². The van der Waals surface area contributed by atoms with Crippen LogP contribution < -0.4 is 11.1 Å². The number of anilines is 2. The molecule has 0 atom stereocenters. The fourth-order valence-electron chi connectivity index (χ4n) is 5.14. The molecule has 0 saturated carbocycles. The third kappa shape index (κ3) is 5.32. The second-order valence-electron chi connectivity index (χ2n) is 9.84. The van der Waals surface area contributed by atoms with Gasteiger partial charge >= 0.3 is 0 Å². The summed E-state index contributed by atoms with van der Waals surface area (Å²) in [6.45, 7) is 10.0. The van der Waals surface area contributed by atoms with Crippen molar-refractivity contribution in [1.29, 1.82) is 0 Å². The monoisotopic (exact) mass is 481 g/mol. The lowest BCUT2D eigenvalue weighted by Crippen LogP contribution is -2.37. The van der Waals surface area contributed by atoms with Gasteiger partial charge in [-0.1, -0.05) is 35.9 Å². The Bertz CT molecular complexity index is 1300. The van der Waals surface area contributed by atoms with Crippen molar-refractivity contribution in [1.82, 2.24) is 24.4 Å². The number of aryl methyl sites for hydroxylation is 3. The summed E-state index contributed by atoms with van der Waals surface area (Å²) in [6.07, 6.45) is 5.95. The molecule has 3 N–H and O–H groups in total. The van der Waals surface area contributed by atoms with E-state index in [-0.39, 0.29) is 0 Å². The van der Waals surface area contributed by atoms with E-state index in [1.54, 1.807) is 0 Å². The molecule has 1 aliphatic heterocycles. The van der Waals surface area contributed by atoms with Crippen molar-refractivity contribution in [2.75, 3.05) is 31.5 Å². The van der Waals surface area contributed by atoms with Crippen LogP contribution in [-0.2, 0) is 0 Å². The lowest BCUT2D eigenvalue weighted by atomic mass is 10.0. The van der Waals surface area contributed by atoms with Gasteiger partial charge in [0.25, 0.3) is 0 Å². The topological polar surface area (TPSA) is 84.9 Å². The summed E-state index contributed by atoms with van der Waals surface area (Å²) < 4.78 is 2.33. The summed E-state index contributed by atoms with van der Waals surface area (Å²) in [4.78, 5) is 16.8. The minimum atomic E-state index is 0.367. The number of imidazole rings is 1. The van der Waals surface area contributed by atoms with Crippen LogP contribution >= 0.6 is 0 Å². The molecule has 0 amide bonds. The Balaban J connectivity index is 1.52. The van der Waals surface area contributed by atoms with E-state index in [4.69, 9.17) is 15.7 Å². The average Bonchev–Trinajstić information content (AvgIpc) is 3.30. The van der Waals surface area contributed by atoms with Crippen molar-refractivity contribution in [3.8, 4) is 22.6 Å². The molecule has 1 fully saturated rings. The number of aromatic nitrogens is 4. The largest absolute Gasteiger partial charge is 0.329 e. The Morgan fingerprint density at radius 2 is 1.64 bits per heavy atom. The number of rotatable bonds is 7. The van der Waals surface area contributed by atoms with Gasteiger partial charge in [-0.25, -0.2) is 15.0 Å². The summed E-state index contributed by atoms with van der Waals surface area (Å²) in [5, 5.41) is 3.40. The molecule has 5 rings (SSSR count). The van der Waals surface area contributed by atoms with Crippen LogP contribution in [0, 0.1) is 20.8 Å². The Hall–Kier alpha value is -3.55. The van der Waals surface area contributed by atoms with E-state index in [0.717, 1.165) is 60.8 Å². The first-order valence-electron chi connectivity index (χ1n) is 12.7. The van der Waals surface area contributed by atoms with Crippen LogP contribution in [0.4, 0.5) is 11.6 Å². The van der Waals surface area contributed by atoms with Crippen molar-refractivity contribution in [2.45, 2.75) is 39.7 Å². The second kappa shape index (κ2) is 10.6. The van der Waals surface area contributed by atoms with Crippen molar-refractivity contribution in [3.63, 3.8) is 0 Å². The molecule has 2 aromatic heterocycles. The van der Waals surface area contributed by atoms with E-state index in [2.05, 4.69) is 83.0 Å². The van der Waals surface area contributed by atoms with Crippen molar-refractivity contribution < 1.29 is 0 Å². The van der Waals surface area contributed by atoms with Gasteiger partial charge in [-0.3, -0.25) is 0 Å². The van der Waals surface area contributed by atoms with E-state index in [1.807, 2.05) is 18.6 Å². The van der Waals surface area contributed by atoms with Gasteiger partial charge in [0.2, 0.25) is 5.95 Å². The maximum Gasteiger partial charge on any atom is 0.227 e. The number of piperidine rings is 1. The predicted molar refractivity (Wildman–Crippen MR) is 146 cm³/mol. The summed E-state index contributed by atoms with van der Waals surface area (Å²) in [5.41, 5.74) is 14.4. The molecule has 3 heterocycles. The zero-order valence-corrected chi connectivity index (χ0v) is 21.4. The number of nitrogens with zero attached hydrogens (tertiary/aromatic N) is 5. The fraction of sp³-hybridized carbons (Fsp3) is 0.345. The maximum absolute atomic E-state index is 5.79. The Labute approximate surface area is 213 Å². The predicted octanol–water partition coefficient (Wildman–Crippen LogP) is 5.27. The average molecular weight is 482 g/mol. The van der Waals surface area contributed by atoms with Crippen molar-refractivity contribution >= 4 is 11.6 Å². The standard InChI is InChI=1S/C29H35N7/c1-20-4-6-23(7-5-20)27-28(36(19-32-27)25-9-13-35(14-10-25)15-11-30)26-8-12-31-29(34-26)33-24-17-21(2)16-22(3)18-24/h4-8,12,16-19,25H,9-11,13-15,30H2,1-3H3,(H,31,33,34). The molecule has 0 aliphatic carbocycles. The van der Waals surface area contributed by atoms with Crippen LogP contribution in [0.5, 0.6) is 0 Å². The molecular formula is C29H35N7. The SMILES string of the molecule is Cc1ccc(-c2ncn(C3CCN(CCN)CC3)c2-c2ccnc(Nc3cc(C)cc(C)c3)n2)cc1. The molecular weight excluding hydrogens is 446 g/mol. The van der Waals surface area contributed by atoms with Gasteiger partial charge in [0.1, 0.15) is 0 Å². The number of nitrogens with two attached hydrogens (primary N) is 1. The van der Waals surface area contributed by atoms with E-state index < -0.39 is 0 Å². The Kier molecular flexibility index (Phi) is 7.11. The third-order valence-electron chi connectivity index (χ3n) is 6.89. The van der Waals surface area contributed by atoms with Gasteiger partial charge in [-0.15, -0.1) is 0 Å². The molecule has 1 aliphatic rings. The van der Waals surface area contributed by atoms with Crippen LogP contribution in [0.15, 0.2) is 61.1 Å². The molecule has 2 aromatic carbocycles. The first kappa shape index (κ1) is 24.2. The van der Waals surface area contributed by atoms with Crippen LogP contribution in [0.3, 0.4) is 0 Å². The highest BCUT2D eigenvalue weighted by Crippen LogP contribution is 2.35. The van der Waals surface area contributed by atoms with Crippen molar-refractivity contribution in [3.05, 3.63) is 77.7 Å². The highest BCUT2D eigenvalue weighted by atomic mass is 15.2. The Morgan fingerprint density at radius 3 is 2.33 bits per heavy atom. The maximum atomic E-state index is 5.79. The minimum absolute atomic E-state index is 0.367. The zero-order chi connectivity index (χ0) is 25.1. The van der Waals surface area contributed by atoms with Crippen LogP contribution in [0.2, 0.25) is 0 Å². The van der Waals surface area contributed by atoms with Crippen LogP contribution in [0.1, 0.15) is 35.6 Å². The summed E-state index contributed by atoms with van der Waals surface area (Å²) in [6, 6.07) is 17.3. The number of benzene rings is 2. The summed E-state index contributed by atoms with van der Waals surface area (Å²) >= 11 is 0. The van der Waals surface area contributed by atoms with Crippen LogP contribution in [0.25, 0.3) is 22.6 Å². The van der Waals surface area contributed by atoms with E-state index in [1.165, 1.54) is 16.7 Å². The first-order valence-corrected chi connectivity index (χ1v) is 12.7. The molecule has 4 aromatic rings. The smallest absolute Gasteiger partial charge is 0.227 e. The highest BCUT2D eigenvalue weighted by molar-refractivity contribution is 5.77. The quantitative estimate of drug-likeness (QED) is 0.374. The molecule has 0 spiro atoms. The van der Waals surface area contributed by atoms with Gasteiger partial charge in [-0.2, -0.15) is 0 Å². The molecule has 186 valence electrons. The normalized spacial score (nSPS) is 14.8. The highest BCUT2D eigenvalue weighted by Gasteiger charge is 2.25.